The first-order valence-electron chi connectivity index (χ1n) is 6.61. The molecule has 0 aliphatic carbocycles. The molecular weight excluding hydrogens is 278 g/mol. The van der Waals surface area contributed by atoms with Gasteiger partial charge in [0.2, 0.25) is 0 Å². The standard InChI is InChI=1S/C13H18ClN5O/c1-2-3-7-20-8-6-19-13(16-17-18-19)10-4-5-12(15)11(14)9-10/h4-5,9H,2-3,6-8,15H2,1H3. The normalized spacial score (nSPS) is 10.9. The van der Waals surface area contributed by atoms with E-state index in [1.165, 1.54) is 0 Å². The second-order valence-corrected chi connectivity index (χ2v) is 4.84. The summed E-state index contributed by atoms with van der Waals surface area (Å²) in [4.78, 5) is 0. The van der Waals surface area contributed by atoms with Crippen molar-refractivity contribution in [2.75, 3.05) is 18.9 Å². The molecule has 2 rings (SSSR count). The fraction of sp³-hybridized carbons (Fsp3) is 0.462. The van der Waals surface area contributed by atoms with Crippen LogP contribution in [0, 0.1) is 0 Å². The van der Waals surface area contributed by atoms with Gasteiger partial charge in [0.1, 0.15) is 0 Å². The van der Waals surface area contributed by atoms with E-state index < -0.39 is 0 Å². The van der Waals surface area contributed by atoms with Crippen LogP contribution in [0.15, 0.2) is 18.2 Å². The van der Waals surface area contributed by atoms with E-state index >= 15 is 0 Å². The molecule has 0 saturated carbocycles. The van der Waals surface area contributed by atoms with E-state index in [2.05, 4.69) is 22.4 Å². The third-order valence-electron chi connectivity index (χ3n) is 2.88. The summed E-state index contributed by atoms with van der Waals surface area (Å²) >= 11 is 6.02. The van der Waals surface area contributed by atoms with Crippen LogP contribution in [0.4, 0.5) is 5.69 Å². The molecule has 1 aromatic carbocycles. The van der Waals surface area contributed by atoms with Crippen molar-refractivity contribution in [2.24, 2.45) is 0 Å². The zero-order chi connectivity index (χ0) is 14.4. The first-order valence-corrected chi connectivity index (χ1v) is 6.99. The molecule has 0 unspecified atom stereocenters. The van der Waals surface area contributed by atoms with Crippen molar-refractivity contribution in [1.82, 2.24) is 20.2 Å². The summed E-state index contributed by atoms with van der Waals surface area (Å²) in [6.45, 7) is 4.09. The number of anilines is 1. The highest BCUT2D eigenvalue weighted by Crippen LogP contribution is 2.25. The van der Waals surface area contributed by atoms with Gasteiger partial charge in [0.25, 0.3) is 0 Å². The van der Waals surface area contributed by atoms with E-state index in [4.69, 9.17) is 22.1 Å². The van der Waals surface area contributed by atoms with Gasteiger partial charge in [0.15, 0.2) is 5.82 Å². The quantitative estimate of drug-likeness (QED) is 0.627. The number of rotatable bonds is 7. The molecule has 1 aromatic heterocycles. The van der Waals surface area contributed by atoms with Gasteiger partial charge in [-0.25, -0.2) is 4.68 Å². The van der Waals surface area contributed by atoms with Crippen LogP contribution in [-0.4, -0.2) is 33.4 Å². The lowest BCUT2D eigenvalue weighted by atomic mass is 10.2. The van der Waals surface area contributed by atoms with Gasteiger partial charge in [0.05, 0.1) is 23.9 Å². The zero-order valence-electron chi connectivity index (χ0n) is 11.4. The lowest BCUT2D eigenvalue weighted by Gasteiger charge is -2.06. The molecule has 108 valence electrons. The molecule has 0 aliphatic heterocycles. The van der Waals surface area contributed by atoms with Gasteiger partial charge in [-0.1, -0.05) is 24.9 Å². The SMILES string of the molecule is CCCCOCCn1nnnc1-c1ccc(N)c(Cl)c1. The van der Waals surface area contributed by atoms with Crippen molar-refractivity contribution >= 4 is 17.3 Å². The van der Waals surface area contributed by atoms with Gasteiger partial charge in [-0.3, -0.25) is 0 Å². The van der Waals surface area contributed by atoms with Gasteiger partial charge in [0, 0.05) is 12.2 Å². The number of ether oxygens (including phenoxy) is 1. The largest absolute Gasteiger partial charge is 0.398 e. The van der Waals surface area contributed by atoms with Gasteiger partial charge < -0.3 is 10.5 Å². The Bertz CT molecular complexity index is 557. The second kappa shape index (κ2) is 7.21. The van der Waals surface area contributed by atoms with Crippen molar-refractivity contribution in [3.05, 3.63) is 23.2 Å². The fourth-order valence-corrected chi connectivity index (χ4v) is 1.91. The summed E-state index contributed by atoms with van der Waals surface area (Å²) < 4.78 is 7.22. The average Bonchev–Trinajstić information content (AvgIpc) is 2.90. The number of halogens is 1. The monoisotopic (exact) mass is 295 g/mol. The highest BCUT2D eigenvalue weighted by atomic mass is 35.5. The molecule has 1 heterocycles. The van der Waals surface area contributed by atoms with Crippen LogP contribution in [0.5, 0.6) is 0 Å². The summed E-state index contributed by atoms with van der Waals surface area (Å²) in [5.74, 6) is 0.658. The molecule has 0 radical (unpaired) electrons. The molecule has 0 spiro atoms. The van der Waals surface area contributed by atoms with E-state index in [9.17, 15) is 0 Å². The van der Waals surface area contributed by atoms with Gasteiger partial charge in [-0.15, -0.1) is 5.10 Å². The molecule has 0 fully saturated rings. The summed E-state index contributed by atoms with van der Waals surface area (Å²) in [7, 11) is 0. The van der Waals surface area contributed by atoms with Crippen LogP contribution in [0.2, 0.25) is 5.02 Å². The topological polar surface area (TPSA) is 78.8 Å². The van der Waals surface area contributed by atoms with Crippen LogP contribution in [-0.2, 0) is 11.3 Å². The predicted octanol–water partition coefficient (Wildman–Crippen LogP) is 2.39. The summed E-state index contributed by atoms with van der Waals surface area (Å²) in [6, 6.07) is 5.35. The fourth-order valence-electron chi connectivity index (χ4n) is 1.73. The minimum Gasteiger partial charge on any atom is -0.398 e. The predicted molar refractivity (Wildman–Crippen MR) is 78.4 cm³/mol. The van der Waals surface area contributed by atoms with Crippen LogP contribution in [0.1, 0.15) is 19.8 Å². The number of hydrogen-bond acceptors (Lipinski definition) is 5. The first kappa shape index (κ1) is 14.7. The Balaban J connectivity index is 2.02. The van der Waals surface area contributed by atoms with E-state index in [1.807, 2.05) is 6.07 Å². The lowest BCUT2D eigenvalue weighted by molar-refractivity contribution is 0.121. The number of tetrazole rings is 1. The van der Waals surface area contributed by atoms with E-state index in [1.54, 1.807) is 16.8 Å². The maximum atomic E-state index is 6.02. The van der Waals surface area contributed by atoms with E-state index in [0.29, 0.717) is 29.7 Å². The molecule has 0 bridgehead atoms. The Morgan fingerprint density at radius 2 is 2.20 bits per heavy atom. The summed E-state index contributed by atoms with van der Waals surface area (Å²) in [5, 5.41) is 12.2. The van der Waals surface area contributed by atoms with Crippen LogP contribution in [0.25, 0.3) is 11.4 Å². The zero-order valence-corrected chi connectivity index (χ0v) is 12.2. The molecule has 0 aliphatic rings. The number of nitrogens with zero attached hydrogens (tertiary/aromatic N) is 4. The average molecular weight is 296 g/mol. The Labute approximate surface area is 122 Å². The van der Waals surface area contributed by atoms with Gasteiger partial charge in [-0.05, 0) is 35.0 Å². The molecule has 7 heteroatoms. The van der Waals surface area contributed by atoms with Crippen LogP contribution < -0.4 is 5.73 Å². The third kappa shape index (κ3) is 3.68. The molecule has 6 nitrogen and oxygen atoms in total. The van der Waals surface area contributed by atoms with Crippen molar-refractivity contribution in [3.8, 4) is 11.4 Å². The Hall–Kier alpha value is -1.66. The molecule has 2 N–H and O–H groups in total. The number of hydrogen-bond donors (Lipinski definition) is 1. The Kier molecular flexibility index (Phi) is 5.31. The minimum atomic E-state index is 0.497. The highest BCUT2D eigenvalue weighted by Gasteiger charge is 2.10. The smallest absolute Gasteiger partial charge is 0.182 e. The van der Waals surface area contributed by atoms with Crippen LogP contribution in [0.3, 0.4) is 0 Å². The molecule has 2 aromatic rings. The van der Waals surface area contributed by atoms with E-state index in [-0.39, 0.29) is 0 Å². The van der Waals surface area contributed by atoms with Gasteiger partial charge in [-0.2, -0.15) is 0 Å². The van der Waals surface area contributed by atoms with Crippen LogP contribution >= 0.6 is 11.6 Å². The number of nitrogen functional groups attached to an aromatic ring is 1. The van der Waals surface area contributed by atoms with E-state index in [0.717, 1.165) is 25.0 Å². The van der Waals surface area contributed by atoms with Gasteiger partial charge >= 0.3 is 0 Å². The number of nitrogens with two attached hydrogens (primary N) is 1. The molecule has 0 amide bonds. The second-order valence-electron chi connectivity index (χ2n) is 4.43. The Morgan fingerprint density at radius 1 is 1.35 bits per heavy atom. The minimum absolute atomic E-state index is 0.497. The Morgan fingerprint density at radius 3 is 2.95 bits per heavy atom. The third-order valence-corrected chi connectivity index (χ3v) is 3.21. The number of unbranched alkanes of at least 4 members (excludes halogenated alkanes) is 1. The molecule has 0 atom stereocenters. The highest BCUT2D eigenvalue weighted by molar-refractivity contribution is 6.33. The van der Waals surface area contributed by atoms with Crippen molar-refractivity contribution in [1.29, 1.82) is 0 Å². The van der Waals surface area contributed by atoms with Crippen molar-refractivity contribution in [2.45, 2.75) is 26.3 Å². The maximum Gasteiger partial charge on any atom is 0.182 e. The summed E-state index contributed by atoms with van der Waals surface area (Å²) in [6.07, 6.45) is 2.19. The van der Waals surface area contributed by atoms with Crippen molar-refractivity contribution in [3.63, 3.8) is 0 Å². The van der Waals surface area contributed by atoms with Crippen molar-refractivity contribution < 1.29 is 4.74 Å². The first-order chi connectivity index (χ1) is 9.72. The maximum absolute atomic E-state index is 6.02. The molecule has 0 saturated heterocycles. The number of benzene rings is 1. The lowest BCUT2D eigenvalue weighted by Crippen LogP contribution is -2.09. The summed E-state index contributed by atoms with van der Waals surface area (Å²) in [5.41, 5.74) is 7.07. The molecular formula is C13H18ClN5O. The number of aromatic nitrogens is 4. The molecule has 20 heavy (non-hydrogen) atoms.